The third kappa shape index (κ3) is 1.88. The Kier molecular flexibility index (Phi) is 2.73. The first-order valence-corrected chi connectivity index (χ1v) is 5.26. The van der Waals surface area contributed by atoms with Crippen molar-refractivity contribution in [3.63, 3.8) is 0 Å². The number of halogens is 1. The summed E-state index contributed by atoms with van der Waals surface area (Å²) in [6, 6.07) is 5.72. The van der Waals surface area contributed by atoms with Crippen LogP contribution in [0.25, 0.3) is 11.1 Å². The molecule has 0 aliphatic carbocycles. The molecular weight excluding hydrogens is 214 g/mol. The summed E-state index contributed by atoms with van der Waals surface area (Å²) in [5, 5.41) is 0. The summed E-state index contributed by atoms with van der Waals surface area (Å²) in [4.78, 5) is 15.3. The van der Waals surface area contributed by atoms with Crippen molar-refractivity contribution in [2.45, 2.75) is 13.3 Å². The van der Waals surface area contributed by atoms with E-state index in [1.807, 2.05) is 18.2 Å². The third-order valence-corrected chi connectivity index (χ3v) is 2.46. The minimum Gasteiger partial charge on any atom is -0.434 e. The average Bonchev–Trinajstić information content (AvgIpc) is 2.70. The van der Waals surface area contributed by atoms with Gasteiger partial charge in [-0.1, -0.05) is 13.0 Å². The Labute approximate surface area is 92.1 Å². The van der Waals surface area contributed by atoms with E-state index in [4.69, 9.17) is 16.0 Å². The minimum atomic E-state index is -0.286. The average molecular weight is 224 g/mol. The van der Waals surface area contributed by atoms with Gasteiger partial charge in [0.2, 0.25) is 5.78 Å². The number of aromatic nitrogens is 1. The lowest BCUT2D eigenvalue weighted by Crippen LogP contribution is -1.99. The maximum atomic E-state index is 11.2. The lowest BCUT2D eigenvalue weighted by atomic mass is 10.1. The van der Waals surface area contributed by atoms with Crippen molar-refractivity contribution in [3.8, 4) is 0 Å². The van der Waals surface area contributed by atoms with E-state index in [2.05, 4.69) is 11.9 Å². The van der Waals surface area contributed by atoms with Gasteiger partial charge in [0.1, 0.15) is 5.52 Å². The number of ketones is 1. The van der Waals surface area contributed by atoms with Crippen LogP contribution in [0.15, 0.2) is 22.6 Å². The number of Topliss-reactive ketones (excluding diaryl/α,β-unsaturated/α-hetero) is 1. The lowest BCUT2D eigenvalue weighted by Gasteiger charge is -1.92. The van der Waals surface area contributed by atoms with Crippen LogP contribution in [0, 0.1) is 0 Å². The van der Waals surface area contributed by atoms with Gasteiger partial charge in [-0.15, -0.1) is 11.6 Å². The van der Waals surface area contributed by atoms with Crippen LogP contribution in [0.3, 0.4) is 0 Å². The monoisotopic (exact) mass is 223 g/mol. The standard InChI is InChI=1S/C11H10ClNO2/c1-2-7-3-4-8-10(5-7)15-11(13-8)9(14)6-12/h3-5H,2,6H2,1H3. The maximum Gasteiger partial charge on any atom is 0.265 e. The fourth-order valence-electron chi connectivity index (χ4n) is 1.37. The molecule has 0 fully saturated rings. The Hall–Kier alpha value is -1.35. The molecule has 0 spiro atoms. The number of hydrogen-bond acceptors (Lipinski definition) is 3. The van der Waals surface area contributed by atoms with E-state index in [9.17, 15) is 4.79 Å². The normalized spacial score (nSPS) is 10.8. The molecule has 3 nitrogen and oxygen atoms in total. The van der Waals surface area contributed by atoms with Gasteiger partial charge >= 0.3 is 0 Å². The first kappa shape index (κ1) is 10.2. The number of alkyl halides is 1. The molecule has 0 aliphatic rings. The molecule has 78 valence electrons. The molecule has 0 amide bonds. The summed E-state index contributed by atoms with van der Waals surface area (Å²) in [5.74, 6) is -0.299. The highest BCUT2D eigenvalue weighted by Crippen LogP contribution is 2.18. The molecule has 0 saturated carbocycles. The zero-order valence-corrected chi connectivity index (χ0v) is 9.04. The molecule has 0 unspecified atom stereocenters. The summed E-state index contributed by atoms with van der Waals surface area (Å²) in [6.07, 6.45) is 0.926. The number of oxazole rings is 1. The highest BCUT2D eigenvalue weighted by atomic mass is 35.5. The maximum absolute atomic E-state index is 11.2. The van der Waals surface area contributed by atoms with Crippen molar-refractivity contribution in [2.75, 3.05) is 5.88 Å². The summed E-state index contributed by atoms with van der Waals surface area (Å²) in [6.45, 7) is 2.06. The van der Waals surface area contributed by atoms with Gasteiger partial charge in [-0.3, -0.25) is 4.79 Å². The molecular formula is C11H10ClNO2. The molecule has 1 heterocycles. The van der Waals surface area contributed by atoms with E-state index >= 15 is 0 Å². The van der Waals surface area contributed by atoms with Gasteiger partial charge in [0.05, 0.1) is 5.88 Å². The van der Waals surface area contributed by atoms with Crippen LogP contribution in [0.2, 0.25) is 0 Å². The molecule has 0 bridgehead atoms. The van der Waals surface area contributed by atoms with E-state index in [1.165, 1.54) is 0 Å². The Morgan fingerprint density at radius 1 is 1.53 bits per heavy atom. The molecule has 0 atom stereocenters. The van der Waals surface area contributed by atoms with Gasteiger partial charge in [-0.2, -0.15) is 0 Å². The Balaban J connectivity index is 2.51. The predicted molar refractivity (Wildman–Crippen MR) is 58.4 cm³/mol. The number of hydrogen-bond donors (Lipinski definition) is 0. The van der Waals surface area contributed by atoms with Gasteiger partial charge in [-0.25, -0.2) is 4.98 Å². The highest BCUT2D eigenvalue weighted by molar-refractivity contribution is 6.29. The molecule has 0 aliphatic heterocycles. The van der Waals surface area contributed by atoms with Crippen molar-refractivity contribution >= 4 is 28.5 Å². The Morgan fingerprint density at radius 2 is 2.33 bits per heavy atom. The van der Waals surface area contributed by atoms with Crippen molar-refractivity contribution in [1.29, 1.82) is 0 Å². The molecule has 15 heavy (non-hydrogen) atoms. The molecule has 0 saturated heterocycles. The zero-order valence-electron chi connectivity index (χ0n) is 8.29. The number of carbonyl (C=O) groups is 1. The number of aryl methyl sites for hydroxylation is 1. The Bertz CT molecular complexity index is 504. The second kappa shape index (κ2) is 4.03. The van der Waals surface area contributed by atoms with Gasteiger partial charge < -0.3 is 4.42 Å². The van der Waals surface area contributed by atoms with E-state index in [-0.39, 0.29) is 17.6 Å². The second-order valence-electron chi connectivity index (χ2n) is 3.23. The van der Waals surface area contributed by atoms with Crippen molar-refractivity contribution in [3.05, 3.63) is 29.7 Å². The lowest BCUT2D eigenvalue weighted by molar-refractivity contribution is 0.0986. The molecule has 0 radical (unpaired) electrons. The predicted octanol–water partition coefficient (Wildman–Crippen LogP) is 2.81. The highest BCUT2D eigenvalue weighted by Gasteiger charge is 2.12. The van der Waals surface area contributed by atoms with Gasteiger partial charge in [-0.05, 0) is 24.1 Å². The van der Waals surface area contributed by atoms with Gasteiger partial charge in [0, 0.05) is 0 Å². The molecule has 1 aromatic heterocycles. The minimum absolute atomic E-state index is 0.0910. The van der Waals surface area contributed by atoms with Crippen LogP contribution in [0.5, 0.6) is 0 Å². The summed E-state index contributed by atoms with van der Waals surface area (Å²) in [5.41, 5.74) is 2.49. The number of nitrogens with zero attached hydrogens (tertiary/aromatic N) is 1. The van der Waals surface area contributed by atoms with E-state index in [0.29, 0.717) is 11.1 Å². The number of benzene rings is 1. The first-order valence-electron chi connectivity index (χ1n) is 4.73. The molecule has 4 heteroatoms. The van der Waals surface area contributed by atoms with E-state index < -0.39 is 0 Å². The number of rotatable bonds is 3. The second-order valence-corrected chi connectivity index (χ2v) is 3.50. The van der Waals surface area contributed by atoms with Crippen LogP contribution in [-0.4, -0.2) is 16.6 Å². The topological polar surface area (TPSA) is 43.1 Å². The van der Waals surface area contributed by atoms with Gasteiger partial charge in [0.15, 0.2) is 5.58 Å². The van der Waals surface area contributed by atoms with Crippen molar-refractivity contribution in [2.24, 2.45) is 0 Å². The van der Waals surface area contributed by atoms with Crippen LogP contribution in [0.4, 0.5) is 0 Å². The summed E-state index contributed by atoms with van der Waals surface area (Å²) in [7, 11) is 0. The smallest absolute Gasteiger partial charge is 0.265 e. The molecule has 2 rings (SSSR count). The molecule has 1 aromatic carbocycles. The number of carbonyl (C=O) groups excluding carboxylic acids is 1. The quantitative estimate of drug-likeness (QED) is 0.594. The zero-order chi connectivity index (χ0) is 10.8. The van der Waals surface area contributed by atoms with Gasteiger partial charge in [0.25, 0.3) is 5.89 Å². The largest absolute Gasteiger partial charge is 0.434 e. The summed E-state index contributed by atoms with van der Waals surface area (Å²) >= 11 is 5.42. The summed E-state index contributed by atoms with van der Waals surface area (Å²) < 4.78 is 5.32. The fourth-order valence-corrected chi connectivity index (χ4v) is 1.48. The van der Waals surface area contributed by atoms with E-state index in [0.717, 1.165) is 12.0 Å². The first-order chi connectivity index (χ1) is 7.24. The molecule has 0 N–H and O–H groups in total. The van der Waals surface area contributed by atoms with Crippen molar-refractivity contribution < 1.29 is 9.21 Å². The Morgan fingerprint density at radius 3 is 3.00 bits per heavy atom. The van der Waals surface area contributed by atoms with Crippen LogP contribution in [-0.2, 0) is 6.42 Å². The molecule has 2 aromatic rings. The number of fused-ring (bicyclic) bond motifs is 1. The van der Waals surface area contributed by atoms with E-state index in [1.54, 1.807) is 0 Å². The SMILES string of the molecule is CCc1ccc2nc(C(=O)CCl)oc2c1. The van der Waals surface area contributed by atoms with Crippen LogP contribution in [0.1, 0.15) is 23.2 Å². The van der Waals surface area contributed by atoms with Crippen molar-refractivity contribution in [1.82, 2.24) is 4.98 Å². The fraction of sp³-hybridized carbons (Fsp3) is 0.273. The van der Waals surface area contributed by atoms with Crippen LogP contribution < -0.4 is 0 Å². The van der Waals surface area contributed by atoms with Crippen LogP contribution >= 0.6 is 11.6 Å². The third-order valence-electron chi connectivity index (χ3n) is 2.22.